The molecule has 3 nitrogen and oxygen atoms in total. The van der Waals surface area contributed by atoms with Gasteiger partial charge >= 0.3 is 0 Å². The highest BCUT2D eigenvalue weighted by Crippen LogP contribution is 2.43. The van der Waals surface area contributed by atoms with Gasteiger partial charge < -0.3 is 4.74 Å². The Kier molecular flexibility index (Phi) is 5.92. The predicted octanol–water partition coefficient (Wildman–Crippen LogP) is 4.67. The van der Waals surface area contributed by atoms with Gasteiger partial charge in [-0.25, -0.2) is 0 Å². The molecule has 1 atom stereocenters. The molecule has 3 aromatic rings. The molecular weight excluding hydrogens is 341 g/mol. The molecule has 0 aliphatic carbocycles. The van der Waals surface area contributed by atoms with Crippen LogP contribution >= 0.6 is 7.29 Å². The Morgan fingerprint density at radius 1 is 0.846 bits per heavy atom. The van der Waals surface area contributed by atoms with Gasteiger partial charge in [0.05, 0.1) is 7.11 Å². The molecule has 0 heterocycles. The normalized spacial score (nSPS) is 12.5. The van der Waals surface area contributed by atoms with Gasteiger partial charge in [-0.05, 0) is 36.8 Å². The van der Waals surface area contributed by atoms with Crippen LogP contribution in [0.1, 0.15) is 24.9 Å². The first-order valence-corrected chi connectivity index (χ1v) is 10.5. The van der Waals surface area contributed by atoms with E-state index in [4.69, 9.17) is 4.74 Å². The van der Waals surface area contributed by atoms with Crippen molar-refractivity contribution in [1.29, 1.82) is 0 Å². The fourth-order valence-corrected chi connectivity index (χ4v) is 5.67. The third-order valence-electron chi connectivity index (χ3n) is 4.50. The Labute approximate surface area is 155 Å². The van der Waals surface area contributed by atoms with Gasteiger partial charge in [0.1, 0.15) is 5.75 Å². The fourth-order valence-electron chi connectivity index (χ4n) is 3.13. The highest BCUT2D eigenvalue weighted by Gasteiger charge is 2.30. The number of nitrogens with one attached hydrogen (secondary N) is 1. The topological polar surface area (TPSA) is 38.3 Å². The fraction of sp³-hybridized carbons (Fsp3) is 0.182. The Morgan fingerprint density at radius 2 is 1.35 bits per heavy atom. The quantitative estimate of drug-likeness (QED) is 0.619. The lowest BCUT2D eigenvalue weighted by Gasteiger charge is -2.27. The summed E-state index contributed by atoms with van der Waals surface area (Å²) in [6.45, 7) is 2.09. The zero-order chi connectivity index (χ0) is 18.4. The first kappa shape index (κ1) is 18.4. The molecule has 0 fully saturated rings. The van der Waals surface area contributed by atoms with Crippen LogP contribution < -0.4 is 20.4 Å². The van der Waals surface area contributed by atoms with Crippen LogP contribution in [0.15, 0.2) is 84.9 Å². The second-order valence-electron chi connectivity index (χ2n) is 6.11. The highest BCUT2D eigenvalue weighted by atomic mass is 31.2. The van der Waals surface area contributed by atoms with Gasteiger partial charge in [0.25, 0.3) is 0 Å². The molecular formula is C22H24NO2P. The van der Waals surface area contributed by atoms with E-state index >= 15 is 0 Å². The van der Waals surface area contributed by atoms with Crippen molar-refractivity contribution in [2.24, 2.45) is 0 Å². The summed E-state index contributed by atoms with van der Waals surface area (Å²) in [6.07, 6.45) is 0.796. The summed E-state index contributed by atoms with van der Waals surface area (Å²) in [5.41, 5.74) is 1.02. The maximum Gasteiger partial charge on any atom is 0.205 e. The summed E-state index contributed by atoms with van der Waals surface area (Å²) in [6, 6.07) is 27.1. The molecule has 0 spiro atoms. The van der Waals surface area contributed by atoms with Crippen LogP contribution in [-0.2, 0) is 4.57 Å². The zero-order valence-electron chi connectivity index (χ0n) is 15.1. The summed E-state index contributed by atoms with van der Waals surface area (Å²) in [5.74, 6) is 0.805. The van der Waals surface area contributed by atoms with Crippen molar-refractivity contribution in [3.63, 3.8) is 0 Å². The maximum absolute atomic E-state index is 14.2. The van der Waals surface area contributed by atoms with Gasteiger partial charge in [-0.2, -0.15) is 0 Å². The molecule has 0 saturated carbocycles. The molecule has 26 heavy (non-hydrogen) atoms. The van der Waals surface area contributed by atoms with Crippen molar-refractivity contribution < 1.29 is 9.30 Å². The minimum absolute atomic E-state index is 0.0857. The zero-order valence-corrected chi connectivity index (χ0v) is 16.0. The molecule has 3 rings (SSSR count). The lowest BCUT2D eigenvalue weighted by molar-refractivity contribution is 0.403. The van der Waals surface area contributed by atoms with Crippen molar-refractivity contribution in [2.75, 3.05) is 7.11 Å². The molecule has 0 aliphatic rings. The molecule has 1 N–H and O–H groups in total. The third kappa shape index (κ3) is 3.75. The SMILES string of the molecule is CC[C@@H](NP(=O)(c1ccccc1)c1ccccc1)c1ccccc1OC. The van der Waals surface area contributed by atoms with E-state index in [9.17, 15) is 4.57 Å². The largest absolute Gasteiger partial charge is 0.496 e. The number of methoxy groups -OCH3 is 1. The molecule has 0 aliphatic heterocycles. The minimum Gasteiger partial charge on any atom is -0.496 e. The van der Waals surface area contributed by atoms with Crippen molar-refractivity contribution in [3.8, 4) is 5.75 Å². The van der Waals surface area contributed by atoms with E-state index in [0.717, 1.165) is 28.3 Å². The first-order valence-electron chi connectivity index (χ1n) is 8.81. The van der Waals surface area contributed by atoms with Gasteiger partial charge in [-0.3, -0.25) is 9.65 Å². The monoisotopic (exact) mass is 365 g/mol. The van der Waals surface area contributed by atoms with Crippen molar-refractivity contribution in [1.82, 2.24) is 5.09 Å². The molecule has 0 bridgehead atoms. The Morgan fingerprint density at radius 3 is 1.85 bits per heavy atom. The van der Waals surface area contributed by atoms with Gasteiger partial charge in [-0.15, -0.1) is 0 Å². The molecule has 0 amide bonds. The molecule has 0 saturated heterocycles. The highest BCUT2D eigenvalue weighted by molar-refractivity contribution is 7.76. The van der Waals surface area contributed by atoms with Gasteiger partial charge in [-0.1, -0.05) is 61.5 Å². The summed E-state index contributed by atoms with van der Waals surface area (Å²) in [4.78, 5) is 0. The maximum atomic E-state index is 14.2. The number of hydrogen-bond donors (Lipinski definition) is 1. The van der Waals surface area contributed by atoms with E-state index in [1.54, 1.807) is 7.11 Å². The number of hydrogen-bond acceptors (Lipinski definition) is 2. The van der Waals surface area contributed by atoms with E-state index in [0.29, 0.717) is 0 Å². The molecule has 0 aromatic heterocycles. The molecule has 3 aromatic carbocycles. The third-order valence-corrected chi connectivity index (χ3v) is 7.23. The smallest absolute Gasteiger partial charge is 0.205 e. The number of ether oxygens (including phenoxy) is 1. The van der Waals surface area contributed by atoms with E-state index in [2.05, 4.69) is 12.0 Å². The Bertz CT molecular complexity index is 837. The first-order chi connectivity index (χ1) is 12.7. The van der Waals surface area contributed by atoms with Gasteiger partial charge in [0.2, 0.25) is 7.29 Å². The van der Waals surface area contributed by atoms with Crippen molar-refractivity contribution in [2.45, 2.75) is 19.4 Å². The van der Waals surface area contributed by atoms with Crippen LogP contribution in [0.5, 0.6) is 5.75 Å². The molecule has 0 unspecified atom stereocenters. The molecule has 0 radical (unpaired) electrons. The van der Waals surface area contributed by atoms with E-state index in [-0.39, 0.29) is 6.04 Å². The molecule has 134 valence electrons. The summed E-state index contributed by atoms with van der Waals surface area (Å²) in [5, 5.41) is 5.09. The average molecular weight is 365 g/mol. The summed E-state index contributed by atoms with van der Waals surface area (Å²) < 4.78 is 19.7. The van der Waals surface area contributed by atoms with Crippen LogP contribution in [0.2, 0.25) is 0 Å². The second-order valence-corrected chi connectivity index (χ2v) is 8.62. The van der Waals surface area contributed by atoms with Crippen LogP contribution in [0, 0.1) is 0 Å². The van der Waals surface area contributed by atoms with Gasteiger partial charge in [0, 0.05) is 22.2 Å². The summed E-state index contributed by atoms with van der Waals surface area (Å²) in [7, 11) is -1.33. The lowest BCUT2D eigenvalue weighted by atomic mass is 10.0. The Balaban J connectivity index is 2.07. The number of para-hydroxylation sites is 1. The van der Waals surface area contributed by atoms with Crippen LogP contribution in [-0.4, -0.2) is 7.11 Å². The van der Waals surface area contributed by atoms with Crippen LogP contribution in [0.3, 0.4) is 0 Å². The van der Waals surface area contributed by atoms with E-state index in [1.807, 2.05) is 84.9 Å². The van der Waals surface area contributed by atoms with E-state index < -0.39 is 7.29 Å². The standard InChI is InChI=1S/C22H24NO2P/c1-3-21(20-16-10-11-17-22(20)25-2)23-26(24,18-12-6-4-7-13-18)19-14-8-5-9-15-19/h4-17,21H,3H2,1-2H3,(H,23,24)/t21-/m1/s1. The van der Waals surface area contributed by atoms with Crippen molar-refractivity contribution in [3.05, 3.63) is 90.5 Å². The van der Waals surface area contributed by atoms with E-state index in [1.165, 1.54) is 0 Å². The summed E-state index contributed by atoms with van der Waals surface area (Å²) >= 11 is 0. The predicted molar refractivity (Wildman–Crippen MR) is 109 cm³/mol. The second kappa shape index (κ2) is 8.35. The van der Waals surface area contributed by atoms with Crippen LogP contribution in [0.25, 0.3) is 0 Å². The average Bonchev–Trinajstić information content (AvgIpc) is 2.73. The Hall–Kier alpha value is -2.35. The number of rotatable bonds is 7. The minimum atomic E-state index is -3.00. The van der Waals surface area contributed by atoms with Gasteiger partial charge in [0.15, 0.2) is 0 Å². The van der Waals surface area contributed by atoms with Crippen LogP contribution in [0.4, 0.5) is 0 Å². The lowest BCUT2D eigenvalue weighted by Crippen LogP contribution is -2.30. The number of benzene rings is 3. The van der Waals surface area contributed by atoms with Crippen molar-refractivity contribution >= 4 is 17.9 Å². The molecule has 4 heteroatoms.